The number of halogens is 3. The van der Waals surface area contributed by atoms with Gasteiger partial charge in [-0.3, -0.25) is 10.2 Å². The minimum Gasteiger partial charge on any atom is -0.380 e. The second-order valence-electron chi connectivity index (χ2n) is 5.80. The Morgan fingerprint density at radius 1 is 1.07 bits per heavy atom. The van der Waals surface area contributed by atoms with E-state index in [1.54, 1.807) is 24.3 Å². The molecule has 0 spiro atoms. The number of benzene rings is 2. The minimum absolute atomic E-state index is 0.0278. The number of hydrogen-bond acceptors (Lipinski definition) is 5. The molecule has 3 aromatic rings. The smallest absolute Gasteiger partial charge is 0.380 e. The number of nitrogens with zero attached hydrogens (tertiary/aromatic N) is 1. The van der Waals surface area contributed by atoms with Crippen molar-refractivity contribution in [1.82, 2.24) is 10.5 Å². The van der Waals surface area contributed by atoms with E-state index in [0.29, 0.717) is 16.8 Å². The van der Waals surface area contributed by atoms with Crippen LogP contribution in [-0.2, 0) is 12.7 Å². The van der Waals surface area contributed by atoms with Gasteiger partial charge in [-0.05, 0) is 29.8 Å². The highest BCUT2D eigenvalue weighted by Gasteiger charge is 2.29. The van der Waals surface area contributed by atoms with E-state index in [1.807, 2.05) is 0 Å². The fourth-order valence-electron chi connectivity index (χ4n) is 2.44. The van der Waals surface area contributed by atoms with Crippen LogP contribution >= 0.6 is 0 Å². The molecule has 3 rings (SSSR count). The lowest BCUT2D eigenvalue weighted by Crippen LogP contribution is -2.30. The molecule has 0 atom stereocenters. The van der Waals surface area contributed by atoms with Crippen LogP contribution in [-0.4, -0.2) is 16.9 Å². The largest absolute Gasteiger partial charge is 0.416 e. The van der Waals surface area contributed by atoms with Gasteiger partial charge in [0, 0.05) is 23.9 Å². The molecular weight excluding hydrogens is 373 g/mol. The van der Waals surface area contributed by atoms with Crippen molar-refractivity contribution in [3.8, 4) is 0 Å². The first kappa shape index (κ1) is 19.2. The summed E-state index contributed by atoms with van der Waals surface area (Å²) in [7, 11) is 0. The molecule has 0 saturated carbocycles. The number of rotatable bonds is 5. The highest BCUT2D eigenvalue weighted by Crippen LogP contribution is 2.29. The van der Waals surface area contributed by atoms with Gasteiger partial charge in [-0.1, -0.05) is 29.4 Å². The number of amides is 1. The van der Waals surface area contributed by atoms with E-state index >= 15 is 0 Å². The third-order valence-electron chi connectivity index (χ3n) is 3.86. The second kappa shape index (κ2) is 7.95. The highest BCUT2D eigenvalue weighted by atomic mass is 19.4. The maximum Gasteiger partial charge on any atom is 0.416 e. The van der Waals surface area contributed by atoms with Gasteiger partial charge >= 0.3 is 6.18 Å². The number of alkyl halides is 3. The van der Waals surface area contributed by atoms with Gasteiger partial charge in [0.05, 0.1) is 11.8 Å². The van der Waals surface area contributed by atoms with Crippen molar-refractivity contribution in [2.24, 2.45) is 0 Å². The van der Waals surface area contributed by atoms with Gasteiger partial charge in [-0.25, -0.2) is 0 Å². The SMILES string of the molecule is N=C(NC(=O)c1ccno1)c1ccccc1NCc1ccc(C(F)(F)F)cc1. The fraction of sp³-hybridized carbons (Fsp3) is 0.105. The maximum atomic E-state index is 12.6. The zero-order chi connectivity index (χ0) is 20.1. The molecule has 1 amide bonds. The molecule has 2 aromatic carbocycles. The van der Waals surface area contributed by atoms with E-state index in [-0.39, 0.29) is 18.1 Å². The number of carbonyl (C=O) groups excluding carboxylic acids is 1. The van der Waals surface area contributed by atoms with Crippen LogP contribution in [0, 0.1) is 5.41 Å². The summed E-state index contributed by atoms with van der Waals surface area (Å²) < 4.78 is 42.6. The minimum atomic E-state index is -4.38. The summed E-state index contributed by atoms with van der Waals surface area (Å²) in [6.07, 6.45) is -3.06. The average Bonchev–Trinajstić information content (AvgIpc) is 3.21. The maximum absolute atomic E-state index is 12.6. The number of para-hydroxylation sites is 1. The Morgan fingerprint density at radius 3 is 2.43 bits per heavy atom. The van der Waals surface area contributed by atoms with Crippen LogP contribution in [0.4, 0.5) is 18.9 Å². The van der Waals surface area contributed by atoms with Crippen molar-refractivity contribution in [3.63, 3.8) is 0 Å². The first-order chi connectivity index (χ1) is 13.3. The Kier molecular flexibility index (Phi) is 5.44. The standard InChI is InChI=1S/C19H15F3N4O2/c20-19(21,22)13-7-5-12(6-8-13)11-24-15-4-2-1-3-14(15)17(23)26-18(27)16-9-10-25-28-16/h1-10,24H,11H2,(H2,23,26,27). The first-order valence-electron chi connectivity index (χ1n) is 8.14. The van der Waals surface area contributed by atoms with Crippen LogP contribution in [0.5, 0.6) is 0 Å². The fourth-order valence-corrected chi connectivity index (χ4v) is 2.44. The van der Waals surface area contributed by atoms with Gasteiger partial charge in [0.2, 0.25) is 5.76 Å². The van der Waals surface area contributed by atoms with E-state index in [2.05, 4.69) is 15.8 Å². The Balaban J connectivity index is 1.68. The number of carbonyl (C=O) groups is 1. The van der Waals surface area contributed by atoms with Gasteiger partial charge in [0.1, 0.15) is 5.84 Å². The van der Waals surface area contributed by atoms with Crippen molar-refractivity contribution >= 4 is 17.4 Å². The van der Waals surface area contributed by atoms with Crippen LogP contribution in [0.2, 0.25) is 0 Å². The van der Waals surface area contributed by atoms with Crippen LogP contribution in [0.1, 0.15) is 27.2 Å². The predicted octanol–water partition coefficient (Wildman–Crippen LogP) is 4.06. The molecule has 0 radical (unpaired) electrons. The molecule has 0 aliphatic carbocycles. The molecule has 0 bridgehead atoms. The lowest BCUT2D eigenvalue weighted by molar-refractivity contribution is -0.137. The summed E-state index contributed by atoms with van der Waals surface area (Å²) in [6.45, 7) is 0.248. The third-order valence-corrected chi connectivity index (χ3v) is 3.86. The van der Waals surface area contributed by atoms with Crippen molar-refractivity contribution in [3.05, 3.63) is 83.2 Å². The lowest BCUT2D eigenvalue weighted by atomic mass is 10.1. The molecule has 0 saturated heterocycles. The molecule has 1 heterocycles. The Labute approximate surface area is 157 Å². The van der Waals surface area contributed by atoms with E-state index in [4.69, 9.17) is 9.93 Å². The molecule has 3 N–H and O–H groups in total. The molecule has 9 heteroatoms. The zero-order valence-electron chi connectivity index (χ0n) is 14.4. The molecule has 28 heavy (non-hydrogen) atoms. The number of anilines is 1. The monoisotopic (exact) mass is 388 g/mol. The molecule has 0 aliphatic heterocycles. The summed E-state index contributed by atoms with van der Waals surface area (Å²) in [6, 6.07) is 13.0. The molecule has 144 valence electrons. The predicted molar refractivity (Wildman–Crippen MR) is 96.0 cm³/mol. The van der Waals surface area contributed by atoms with Crippen molar-refractivity contribution in [2.75, 3.05) is 5.32 Å². The highest BCUT2D eigenvalue weighted by molar-refractivity contribution is 6.12. The van der Waals surface area contributed by atoms with Gasteiger partial charge in [-0.2, -0.15) is 13.2 Å². The van der Waals surface area contributed by atoms with Gasteiger partial charge in [-0.15, -0.1) is 0 Å². The molecule has 0 fully saturated rings. The quantitative estimate of drug-likeness (QED) is 0.454. The molecule has 0 unspecified atom stereocenters. The van der Waals surface area contributed by atoms with Gasteiger partial charge in [0.15, 0.2) is 0 Å². The van der Waals surface area contributed by atoms with Crippen molar-refractivity contribution in [1.29, 1.82) is 5.41 Å². The molecule has 1 aromatic heterocycles. The van der Waals surface area contributed by atoms with Gasteiger partial charge in [0.25, 0.3) is 5.91 Å². The second-order valence-corrected chi connectivity index (χ2v) is 5.80. The first-order valence-corrected chi connectivity index (χ1v) is 8.14. The Hall–Kier alpha value is -3.62. The van der Waals surface area contributed by atoms with Crippen LogP contribution in [0.25, 0.3) is 0 Å². The third kappa shape index (κ3) is 4.56. The summed E-state index contributed by atoms with van der Waals surface area (Å²) >= 11 is 0. The number of hydrogen-bond donors (Lipinski definition) is 3. The topological polar surface area (TPSA) is 91.0 Å². The number of aromatic nitrogens is 1. The number of amidine groups is 1. The van der Waals surface area contributed by atoms with E-state index in [0.717, 1.165) is 12.1 Å². The van der Waals surface area contributed by atoms with Crippen LogP contribution in [0.3, 0.4) is 0 Å². The van der Waals surface area contributed by atoms with Crippen LogP contribution in [0.15, 0.2) is 65.3 Å². The van der Waals surface area contributed by atoms with Crippen LogP contribution < -0.4 is 10.6 Å². The summed E-state index contributed by atoms with van der Waals surface area (Å²) in [5.41, 5.74) is 0.890. The van der Waals surface area contributed by atoms with Crippen molar-refractivity contribution < 1.29 is 22.5 Å². The molecular formula is C19H15F3N4O2. The normalized spacial score (nSPS) is 11.1. The van der Waals surface area contributed by atoms with Gasteiger partial charge < -0.3 is 15.2 Å². The summed E-state index contributed by atoms with van der Waals surface area (Å²) in [5, 5.41) is 17.0. The summed E-state index contributed by atoms with van der Waals surface area (Å²) in [4.78, 5) is 12.0. The Morgan fingerprint density at radius 2 is 1.79 bits per heavy atom. The average molecular weight is 388 g/mol. The lowest BCUT2D eigenvalue weighted by Gasteiger charge is -2.14. The van der Waals surface area contributed by atoms with E-state index in [9.17, 15) is 18.0 Å². The van der Waals surface area contributed by atoms with Crippen molar-refractivity contribution in [2.45, 2.75) is 12.7 Å². The van der Waals surface area contributed by atoms with E-state index < -0.39 is 17.6 Å². The number of nitrogens with one attached hydrogen (secondary N) is 3. The van der Waals surface area contributed by atoms with E-state index in [1.165, 1.54) is 24.4 Å². The molecule has 0 aliphatic rings. The Bertz CT molecular complexity index is 968. The zero-order valence-corrected chi connectivity index (χ0v) is 14.4. The summed E-state index contributed by atoms with van der Waals surface area (Å²) in [5.74, 6) is -0.795. The molecule has 6 nitrogen and oxygen atoms in total.